The molecule has 0 aliphatic rings. The average molecular weight is 261 g/mol. The van der Waals surface area contributed by atoms with Crippen molar-refractivity contribution in [3.8, 4) is 0 Å². The summed E-state index contributed by atoms with van der Waals surface area (Å²) in [5.41, 5.74) is 2.58. The van der Waals surface area contributed by atoms with Crippen molar-refractivity contribution in [1.29, 1.82) is 0 Å². The van der Waals surface area contributed by atoms with Crippen LogP contribution in [0.25, 0.3) is 0 Å². The summed E-state index contributed by atoms with van der Waals surface area (Å²) in [6.07, 6.45) is 0.863. The van der Waals surface area contributed by atoms with Crippen molar-refractivity contribution in [2.45, 2.75) is 25.9 Å². The highest BCUT2D eigenvalue weighted by Crippen LogP contribution is 2.15. The largest absolute Gasteiger partial charge is 0.395 e. The number of aliphatic hydroxyl groups is 1. The third-order valence-electron chi connectivity index (χ3n) is 3.06. The summed E-state index contributed by atoms with van der Waals surface area (Å²) < 4.78 is 0. The molecule has 1 aromatic heterocycles. The molecule has 18 heavy (non-hydrogen) atoms. The fourth-order valence-electron chi connectivity index (χ4n) is 1.92. The minimum absolute atomic E-state index is 0.119. The van der Waals surface area contributed by atoms with Crippen LogP contribution in [0.15, 0.2) is 41.8 Å². The Morgan fingerprint density at radius 1 is 1.22 bits per heavy atom. The molecule has 0 fully saturated rings. The maximum absolute atomic E-state index is 9.43. The average Bonchev–Trinajstić information content (AvgIpc) is 2.81. The van der Waals surface area contributed by atoms with Gasteiger partial charge < -0.3 is 10.4 Å². The van der Waals surface area contributed by atoms with E-state index in [-0.39, 0.29) is 12.6 Å². The SMILES string of the molecule is Cc1ccsc1CN[C@@H](CO)Cc1ccccc1. The Balaban J connectivity index is 1.88. The first-order chi connectivity index (χ1) is 8.79. The smallest absolute Gasteiger partial charge is 0.0587 e. The summed E-state index contributed by atoms with van der Waals surface area (Å²) in [6, 6.07) is 12.5. The minimum Gasteiger partial charge on any atom is -0.395 e. The Morgan fingerprint density at radius 2 is 2.00 bits per heavy atom. The van der Waals surface area contributed by atoms with Gasteiger partial charge in [0.05, 0.1) is 6.61 Å². The Labute approximate surface area is 112 Å². The van der Waals surface area contributed by atoms with E-state index in [9.17, 15) is 5.11 Å². The molecule has 0 saturated carbocycles. The molecule has 0 unspecified atom stereocenters. The van der Waals surface area contributed by atoms with E-state index >= 15 is 0 Å². The van der Waals surface area contributed by atoms with Crippen LogP contribution < -0.4 is 5.32 Å². The molecule has 0 bridgehead atoms. The second-order valence-corrected chi connectivity index (χ2v) is 5.48. The first-order valence-corrected chi connectivity index (χ1v) is 7.08. The quantitative estimate of drug-likeness (QED) is 0.838. The van der Waals surface area contributed by atoms with Crippen LogP contribution in [0.3, 0.4) is 0 Å². The zero-order chi connectivity index (χ0) is 12.8. The predicted molar refractivity (Wildman–Crippen MR) is 76.9 cm³/mol. The number of thiophene rings is 1. The lowest BCUT2D eigenvalue weighted by atomic mass is 10.1. The number of hydrogen-bond acceptors (Lipinski definition) is 3. The summed E-state index contributed by atoms with van der Waals surface area (Å²) in [5.74, 6) is 0. The number of aryl methyl sites for hydroxylation is 1. The van der Waals surface area contributed by atoms with Crippen molar-refractivity contribution >= 4 is 11.3 Å². The summed E-state index contributed by atoms with van der Waals surface area (Å²) >= 11 is 1.76. The van der Waals surface area contributed by atoms with Gasteiger partial charge in [0.2, 0.25) is 0 Å². The molecule has 0 saturated heterocycles. The van der Waals surface area contributed by atoms with Crippen molar-refractivity contribution in [1.82, 2.24) is 5.32 Å². The van der Waals surface area contributed by atoms with E-state index in [0.29, 0.717) is 0 Å². The Kier molecular flexibility index (Phi) is 4.93. The molecule has 2 aromatic rings. The van der Waals surface area contributed by atoms with E-state index in [1.165, 1.54) is 16.0 Å². The van der Waals surface area contributed by atoms with Gasteiger partial charge in [0.15, 0.2) is 0 Å². The summed E-state index contributed by atoms with van der Waals surface area (Å²) in [4.78, 5) is 1.35. The topological polar surface area (TPSA) is 32.3 Å². The van der Waals surface area contributed by atoms with Gasteiger partial charge in [-0.15, -0.1) is 11.3 Å². The third-order valence-corrected chi connectivity index (χ3v) is 4.09. The van der Waals surface area contributed by atoms with Crippen molar-refractivity contribution in [2.75, 3.05) is 6.61 Å². The lowest BCUT2D eigenvalue weighted by molar-refractivity contribution is 0.241. The van der Waals surface area contributed by atoms with Crippen LogP contribution >= 0.6 is 11.3 Å². The number of rotatable bonds is 6. The van der Waals surface area contributed by atoms with Crippen molar-refractivity contribution < 1.29 is 5.11 Å². The van der Waals surface area contributed by atoms with E-state index in [2.05, 4.69) is 35.8 Å². The van der Waals surface area contributed by atoms with E-state index in [4.69, 9.17) is 0 Å². The monoisotopic (exact) mass is 261 g/mol. The molecule has 1 aromatic carbocycles. The molecule has 96 valence electrons. The van der Waals surface area contributed by atoms with Gasteiger partial charge in [0, 0.05) is 17.5 Å². The summed E-state index contributed by atoms with van der Waals surface area (Å²) in [7, 11) is 0. The van der Waals surface area contributed by atoms with Crippen LogP contribution in [0.1, 0.15) is 16.0 Å². The molecule has 0 amide bonds. The molecule has 3 heteroatoms. The molecule has 0 radical (unpaired) electrons. The van der Waals surface area contributed by atoms with Crippen LogP contribution in [0, 0.1) is 6.92 Å². The molecule has 2 N–H and O–H groups in total. The highest BCUT2D eigenvalue weighted by molar-refractivity contribution is 7.10. The minimum atomic E-state index is 0.119. The van der Waals surface area contributed by atoms with E-state index in [1.54, 1.807) is 11.3 Å². The molecule has 2 nitrogen and oxygen atoms in total. The van der Waals surface area contributed by atoms with Gasteiger partial charge in [0.1, 0.15) is 0 Å². The van der Waals surface area contributed by atoms with Crippen molar-refractivity contribution in [3.63, 3.8) is 0 Å². The first kappa shape index (κ1) is 13.3. The Bertz CT molecular complexity index is 466. The van der Waals surface area contributed by atoms with Crippen LogP contribution in [0.2, 0.25) is 0 Å². The van der Waals surface area contributed by atoms with E-state index in [1.807, 2.05) is 18.2 Å². The molecule has 0 aliphatic carbocycles. The van der Waals surface area contributed by atoms with Crippen LogP contribution in [-0.4, -0.2) is 17.8 Å². The zero-order valence-corrected chi connectivity index (χ0v) is 11.4. The second-order valence-electron chi connectivity index (χ2n) is 4.48. The molecule has 0 spiro atoms. The van der Waals surface area contributed by atoms with E-state index < -0.39 is 0 Å². The standard InChI is InChI=1S/C15H19NOS/c1-12-7-8-18-15(12)10-16-14(11-17)9-13-5-3-2-4-6-13/h2-8,14,16-17H,9-11H2,1H3/t14-/m1/s1. The van der Waals surface area contributed by atoms with Gasteiger partial charge in [-0.05, 0) is 35.9 Å². The maximum Gasteiger partial charge on any atom is 0.0587 e. The first-order valence-electron chi connectivity index (χ1n) is 6.20. The molecule has 2 rings (SSSR count). The number of aliphatic hydroxyl groups excluding tert-OH is 1. The summed E-state index contributed by atoms with van der Waals surface area (Å²) in [6.45, 7) is 3.12. The molecular weight excluding hydrogens is 242 g/mol. The molecule has 0 aliphatic heterocycles. The molecular formula is C15H19NOS. The van der Waals surface area contributed by atoms with Gasteiger partial charge in [-0.25, -0.2) is 0 Å². The fraction of sp³-hybridized carbons (Fsp3) is 0.333. The molecule has 1 heterocycles. The lowest BCUT2D eigenvalue weighted by Gasteiger charge is -2.16. The predicted octanol–water partition coefficient (Wildman–Crippen LogP) is 2.75. The zero-order valence-electron chi connectivity index (χ0n) is 10.6. The number of nitrogens with one attached hydrogen (secondary N) is 1. The second kappa shape index (κ2) is 6.69. The fourth-order valence-corrected chi connectivity index (χ4v) is 2.78. The lowest BCUT2D eigenvalue weighted by Crippen LogP contribution is -2.33. The van der Waals surface area contributed by atoms with Gasteiger partial charge in [-0.3, -0.25) is 0 Å². The number of benzene rings is 1. The van der Waals surface area contributed by atoms with Crippen LogP contribution in [0.4, 0.5) is 0 Å². The molecule has 1 atom stereocenters. The Morgan fingerprint density at radius 3 is 2.61 bits per heavy atom. The van der Waals surface area contributed by atoms with Gasteiger partial charge in [-0.1, -0.05) is 30.3 Å². The van der Waals surface area contributed by atoms with Gasteiger partial charge in [0.25, 0.3) is 0 Å². The highest BCUT2D eigenvalue weighted by Gasteiger charge is 2.09. The highest BCUT2D eigenvalue weighted by atomic mass is 32.1. The van der Waals surface area contributed by atoms with Crippen molar-refractivity contribution in [2.24, 2.45) is 0 Å². The third kappa shape index (κ3) is 3.67. The van der Waals surface area contributed by atoms with Crippen LogP contribution in [-0.2, 0) is 13.0 Å². The van der Waals surface area contributed by atoms with Gasteiger partial charge >= 0.3 is 0 Å². The summed E-state index contributed by atoms with van der Waals surface area (Å²) in [5, 5.41) is 15.0. The van der Waals surface area contributed by atoms with Crippen LogP contribution in [0.5, 0.6) is 0 Å². The van der Waals surface area contributed by atoms with Crippen molar-refractivity contribution in [3.05, 3.63) is 57.8 Å². The van der Waals surface area contributed by atoms with Gasteiger partial charge in [-0.2, -0.15) is 0 Å². The maximum atomic E-state index is 9.43. The number of hydrogen-bond donors (Lipinski definition) is 2. The Hall–Kier alpha value is -1.16. The normalized spacial score (nSPS) is 12.6. The van der Waals surface area contributed by atoms with E-state index in [0.717, 1.165) is 13.0 Å².